The van der Waals surface area contributed by atoms with Crippen LogP contribution in [0.25, 0.3) is 0 Å². The van der Waals surface area contributed by atoms with Crippen molar-refractivity contribution in [3.05, 3.63) is 0 Å². The molecule has 186 valence electrons. The summed E-state index contributed by atoms with van der Waals surface area (Å²) < 4.78 is 8.29. The molecule has 0 aliphatic carbocycles. The number of hydrogen-bond acceptors (Lipinski definition) is 1. The summed E-state index contributed by atoms with van der Waals surface area (Å²) in [6.07, 6.45) is 19.2. The summed E-state index contributed by atoms with van der Waals surface area (Å²) in [5, 5.41) is 0. The highest BCUT2D eigenvalue weighted by atomic mass is 35.5. The van der Waals surface area contributed by atoms with E-state index >= 15 is 0 Å². The molecule has 0 fully saturated rings. The largest absolute Gasteiger partial charge is 1.00 e. The van der Waals surface area contributed by atoms with Gasteiger partial charge < -0.3 is 29.6 Å². The van der Waals surface area contributed by atoms with Crippen LogP contribution >= 0.6 is 0 Å². The van der Waals surface area contributed by atoms with E-state index in [-0.39, 0.29) is 30.9 Å². The van der Waals surface area contributed by atoms with Crippen molar-refractivity contribution in [2.45, 2.75) is 123 Å². The van der Waals surface area contributed by atoms with E-state index in [4.69, 9.17) is 4.74 Å². The first-order valence-electron chi connectivity index (χ1n) is 12.3. The van der Waals surface area contributed by atoms with Crippen LogP contribution in [0.15, 0.2) is 0 Å². The Labute approximate surface area is 203 Å². The Morgan fingerprint density at radius 3 is 1.23 bits per heavy atom. The summed E-state index contributed by atoms with van der Waals surface area (Å²) in [7, 11) is 13.7. The predicted octanol–water partition coefficient (Wildman–Crippen LogP) is 0.618. The van der Waals surface area contributed by atoms with Crippen molar-refractivity contribution in [2.75, 3.05) is 42.3 Å². The lowest BCUT2D eigenvalue weighted by Crippen LogP contribution is -3.00. The van der Waals surface area contributed by atoms with Gasteiger partial charge in [-0.05, 0) is 20.3 Å². The molecule has 0 radical (unpaired) electrons. The monoisotopic (exact) mass is 470 g/mol. The van der Waals surface area contributed by atoms with Gasteiger partial charge in [0.1, 0.15) is 0 Å². The smallest absolute Gasteiger partial charge is 0.241 e. The Balaban J connectivity index is -0.00000364. The molecular weight excluding hydrogens is 415 g/mol. The number of nitrogens with zero attached hydrogens (tertiary/aromatic N) is 2. The Bertz CT molecular complexity index is 353. The number of unbranched alkanes of at least 4 members (excludes halogenated alkanes) is 11. The molecule has 0 spiro atoms. The van der Waals surface area contributed by atoms with E-state index in [9.17, 15) is 0 Å². The Morgan fingerprint density at radius 1 is 0.567 bits per heavy atom. The average molecular weight is 472 g/mol. The van der Waals surface area contributed by atoms with Gasteiger partial charge >= 0.3 is 0 Å². The van der Waals surface area contributed by atoms with Gasteiger partial charge in [0.15, 0.2) is 6.10 Å². The Hall–Kier alpha value is 0.460. The minimum absolute atomic E-state index is 0. The fourth-order valence-corrected chi connectivity index (χ4v) is 5.08. The summed E-state index contributed by atoms with van der Waals surface area (Å²) >= 11 is 0. The third-order valence-electron chi connectivity index (χ3n) is 5.92. The van der Waals surface area contributed by atoms with Gasteiger partial charge in [-0.2, -0.15) is 0 Å². The molecule has 0 saturated heterocycles. The average Bonchev–Trinajstić information content (AvgIpc) is 2.52. The molecule has 0 aromatic rings. The summed E-state index contributed by atoms with van der Waals surface area (Å²) in [5.41, 5.74) is 0. The van der Waals surface area contributed by atoms with Gasteiger partial charge in [-0.1, -0.05) is 84.0 Å². The molecule has 0 bridgehead atoms. The predicted molar refractivity (Wildman–Crippen MR) is 126 cm³/mol. The second kappa shape index (κ2) is 19.0. The van der Waals surface area contributed by atoms with Crippen molar-refractivity contribution < 1.29 is 38.5 Å². The Morgan fingerprint density at radius 2 is 0.900 bits per heavy atom. The molecule has 0 amide bonds. The van der Waals surface area contributed by atoms with Crippen LogP contribution in [-0.2, 0) is 4.74 Å². The van der Waals surface area contributed by atoms with Crippen molar-refractivity contribution in [3.8, 4) is 0 Å². The standard InChI is InChI=1S/C25H56N2O.2ClH/c1-10-11-12-13-14-15-16-17-18-19-20-21-22-23(2)28-24(3)25(26(4,5)6)27(7,8)9;;/h23-25H,10-22H2,1-9H3;2*1H/q+2;;/p-2. The summed E-state index contributed by atoms with van der Waals surface area (Å²) in [6.45, 7) is 6.81. The fourth-order valence-electron chi connectivity index (χ4n) is 5.08. The fraction of sp³-hybridized carbons (Fsp3) is 1.00. The van der Waals surface area contributed by atoms with Crippen LogP contribution in [0.1, 0.15) is 104 Å². The highest BCUT2D eigenvalue weighted by molar-refractivity contribution is 4.61. The second-order valence-electron chi connectivity index (χ2n) is 11.0. The van der Waals surface area contributed by atoms with E-state index in [1.807, 2.05) is 0 Å². The molecule has 2 atom stereocenters. The maximum atomic E-state index is 6.43. The molecule has 0 rings (SSSR count). The molecule has 0 aliphatic heterocycles. The number of hydrogen-bond donors (Lipinski definition) is 0. The maximum Gasteiger partial charge on any atom is 0.241 e. The summed E-state index contributed by atoms with van der Waals surface area (Å²) in [4.78, 5) is 0. The van der Waals surface area contributed by atoms with Crippen LogP contribution < -0.4 is 24.8 Å². The number of likely N-dealkylation sites (N-methyl/N-ethyl adjacent to an activating group) is 2. The van der Waals surface area contributed by atoms with Gasteiger partial charge in [0.05, 0.1) is 48.4 Å². The highest BCUT2D eigenvalue weighted by Crippen LogP contribution is 2.21. The quantitative estimate of drug-likeness (QED) is 0.162. The zero-order valence-electron chi connectivity index (χ0n) is 22.0. The van der Waals surface area contributed by atoms with Crippen LogP contribution in [0.5, 0.6) is 0 Å². The lowest BCUT2D eigenvalue weighted by Gasteiger charge is -2.45. The van der Waals surface area contributed by atoms with Crippen molar-refractivity contribution in [2.24, 2.45) is 0 Å². The van der Waals surface area contributed by atoms with Crippen molar-refractivity contribution in [1.82, 2.24) is 0 Å². The number of rotatable bonds is 18. The maximum absolute atomic E-state index is 6.43. The van der Waals surface area contributed by atoms with E-state index in [0.29, 0.717) is 12.3 Å². The zero-order chi connectivity index (χ0) is 21.6. The van der Waals surface area contributed by atoms with E-state index < -0.39 is 0 Å². The topological polar surface area (TPSA) is 9.23 Å². The highest BCUT2D eigenvalue weighted by Gasteiger charge is 2.42. The molecule has 0 saturated carbocycles. The van der Waals surface area contributed by atoms with Crippen molar-refractivity contribution >= 4 is 0 Å². The van der Waals surface area contributed by atoms with E-state index in [0.717, 1.165) is 8.97 Å². The lowest BCUT2D eigenvalue weighted by atomic mass is 10.0. The van der Waals surface area contributed by atoms with Crippen molar-refractivity contribution in [3.63, 3.8) is 0 Å². The van der Waals surface area contributed by atoms with E-state index in [1.54, 1.807) is 0 Å². The SMILES string of the molecule is CCCCCCCCCCCCCCC(C)OC(C)C([N+](C)(C)C)[N+](C)(C)C.[Cl-].[Cl-]. The molecule has 0 aliphatic rings. The minimum Gasteiger partial charge on any atom is -1.00 e. The van der Waals surface area contributed by atoms with Crippen LogP contribution in [0.3, 0.4) is 0 Å². The molecule has 2 unspecified atom stereocenters. The molecule has 0 N–H and O–H groups in total. The third kappa shape index (κ3) is 18.1. The number of ether oxygens (including phenoxy) is 1. The van der Waals surface area contributed by atoms with E-state index in [1.165, 1.54) is 83.5 Å². The minimum atomic E-state index is 0. The molecular formula is C25H56Cl2N2O. The third-order valence-corrected chi connectivity index (χ3v) is 5.92. The first-order chi connectivity index (χ1) is 13.0. The van der Waals surface area contributed by atoms with Gasteiger partial charge in [0.2, 0.25) is 6.17 Å². The van der Waals surface area contributed by atoms with Gasteiger partial charge in [0, 0.05) is 0 Å². The zero-order valence-corrected chi connectivity index (χ0v) is 23.5. The molecule has 5 heteroatoms. The molecule has 0 heterocycles. The van der Waals surface area contributed by atoms with Gasteiger partial charge in [-0.15, -0.1) is 0 Å². The van der Waals surface area contributed by atoms with E-state index in [2.05, 4.69) is 63.1 Å². The van der Waals surface area contributed by atoms with Crippen LogP contribution in [0.4, 0.5) is 0 Å². The first-order valence-corrected chi connectivity index (χ1v) is 12.3. The number of quaternary nitrogens is 2. The van der Waals surface area contributed by atoms with Gasteiger partial charge in [-0.3, -0.25) is 8.97 Å². The lowest BCUT2D eigenvalue weighted by molar-refractivity contribution is -1.09. The normalized spacial score (nSPS) is 14.2. The van der Waals surface area contributed by atoms with Crippen molar-refractivity contribution in [1.29, 1.82) is 0 Å². The second-order valence-corrected chi connectivity index (χ2v) is 11.0. The molecule has 3 nitrogen and oxygen atoms in total. The molecule has 0 aromatic carbocycles. The summed E-state index contributed by atoms with van der Waals surface area (Å²) in [5.74, 6) is 0. The van der Waals surface area contributed by atoms with Gasteiger partial charge in [-0.25, -0.2) is 0 Å². The number of halogens is 2. The van der Waals surface area contributed by atoms with Gasteiger partial charge in [0.25, 0.3) is 0 Å². The van der Waals surface area contributed by atoms with Crippen LogP contribution in [0.2, 0.25) is 0 Å². The molecule has 30 heavy (non-hydrogen) atoms. The van der Waals surface area contributed by atoms with Crippen LogP contribution in [0, 0.1) is 0 Å². The first kappa shape index (κ1) is 35.1. The van der Waals surface area contributed by atoms with Crippen LogP contribution in [-0.4, -0.2) is 69.6 Å². The Kier molecular flexibility index (Phi) is 22.2. The molecule has 0 aromatic heterocycles. The summed E-state index contributed by atoms with van der Waals surface area (Å²) in [6, 6.07) is 0.